The summed E-state index contributed by atoms with van der Waals surface area (Å²) in [5.74, 6) is 0. The predicted molar refractivity (Wildman–Crippen MR) is 25.1 cm³/mol. The van der Waals surface area contributed by atoms with Crippen LogP contribution in [-0.4, -0.2) is 13.6 Å². The normalized spacial score (nSPS) is 10.1. The van der Waals surface area contributed by atoms with Gasteiger partial charge in [-0.3, -0.25) is 0 Å². The van der Waals surface area contributed by atoms with Crippen LogP contribution in [0.5, 0.6) is 0 Å². The van der Waals surface area contributed by atoms with E-state index in [-0.39, 0.29) is 5.03 Å². The molecular weight excluding hydrogens is 130 g/mol. The Labute approximate surface area is 47.1 Å². The highest BCUT2D eigenvalue weighted by atomic mass is 32.2. The van der Waals surface area contributed by atoms with E-state index < -0.39 is 10.7 Å². The molecule has 1 heterocycles. The molecule has 0 N–H and O–H groups in total. The van der Waals surface area contributed by atoms with Gasteiger partial charge in [0.05, 0.1) is 0 Å². The molecule has 0 aromatic carbocycles. The van der Waals surface area contributed by atoms with Crippen molar-refractivity contribution in [2.24, 2.45) is 0 Å². The first-order valence-corrected chi connectivity index (χ1v) is 3.03. The van der Waals surface area contributed by atoms with E-state index in [0.717, 1.165) is 0 Å². The molecule has 0 unspecified atom stereocenters. The molecule has 0 bridgehead atoms. The largest absolute Gasteiger partial charge is 0.363 e. The number of thiol groups is 1. The van der Waals surface area contributed by atoms with Crippen LogP contribution in [0.25, 0.3) is 0 Å². The predicted octanol–water partition coefficient (Wildman–Crippen LogP) is -0.355. The van der Waals surface area contributed by atoms with E-state index in [1.54, 1.807) is 0 Å². The van der Waals surface area contributed by atoms with Gasteiger partial charge in [0.25, 0.3) is 0 Å². The molecule has 0 aliphatic rings. The van der Waals surface area contributed by atoms with Crippen LogP contribution in [-0.2, 0) is 10.7 Å². The molecule has 5 heteroatoms. The van der Waals surface area contributed by atoms with Crippen LogP contribution < -0.4 is 0 Å². The Morgan fingerprint density at radius 1 is 1.62 bits per heavy atom. The van der Waals surface area contributed by atoms with E-state index in [0.29, 0.717) is 0 Å². The fourth-order valence-electron chi connectivity index (χ4n) is 0.300. The summed E-state index contributed by atoms with van der Waals surface area (Å²) in [7, 11) is -2.56. The van der Waals surface area contributed by atoms with E-state index in [1.807, 2.05) is 0 Å². The van der Waals surface area contributed by atoms with Crippen LogP contribution in [0.15, 0.2) is 21.9 Å². The van der Waals surface area contributed by atoms with Crippen molar-refractivity contribution in [3.8, 4) is 0 Å². The zero-order valence-electron chi connectivity index (χ0n) is 3.77. The molecule has 44 valence electrons. The van der Waals surface area contributed by atoms with Gasteiger partial charge in [-0.15, -0.1) is 0 Å². The second kappa shape index (κ2) is 1.95. The van der Waals surface area contributed by atoms with Gasteiger partial charge in [0.2, 0.25) is 0 Å². The lowest BCUT2D eigenvalue weighted by atomic mass is 10.8. The topological polar surface area (TPSA) is 60.2 Å². The highest BCUT2D eigenvalue weighted by Gasteiger charge is 1.93. The number of nitrogens with zero attached hydrogens (tertiary/aromatic N) is 1. The van der Waals surface area contributed by atoms with Crippen molar-refractivity contribution in [3.63, 3.8) is 0 Å². The van der Waals surface area contributed by atoms with Crippen LogP contribution >= 0.6 is 0 Å². The second-order valence-electron chi connectivity index (χ2n) is 1.11. The maximum absolute atomic E-state index is 9.98. The maximum Gasteiger partial charge on any atom is 0.195 e. The summed E-state index contributed by atoms with van der Waals surface area (Å²) in [5.41, 5.74) is 0. The minimum Gasteiger partial charge on any atom is -0.363 e. The van der Waals surface area contributed by atoms with E-state index in [9.17, 15) is 8.42 Å². The van der Waals surface area contributed by atoms with Gasteiger partial charge in [-0.05, 0) is 0 Å². The minimum absolute atomic E-state index is 0.0278. The van der Waals surface area contributed by atoms with E-state index >= 15 is 0 Å². The van der Waals surface area contributed by atoms with Crippen molar-refractivity contribution in [1.82, 2.24) is 5.16 Å². The fraction of sp³-hybridized carbons (Fsp3) is 0. The quantitative estimate of drug-likeness (QED) is 0.532. The summed E-state index contributed by atoms with van der Waals surface area (Å²) >= 11 is 0. The summed E-state index contributed by atoms with van der Waals surface area (Å²) < 4.78 is 24.2. The Balaban J connectivity index is 3.11. The first-order valence-electron chi connectivity index (χ1n) is 1.85. The van der Waals surface area contributed by atoms with Crippen molar-refractivity contribution in [3.05, 3.63) is 12.3 Å². The van der Waals surface area contributed by atoms with Crippen molar-refractivity contribution < 1.29 is 12.9 Å². The molecule has 1 aromatic rings. The maximum atomic E-state index is 9.98. The van der Waals surface area contributed by atoms with Gasteiger partial charge >= 0.3 is 0 Å². The van der Waals surface area contributed by atoms with E-state index in [2.05, 4.69) is 9.68 Å². The molecule has 1 aromatic heterocycles. The van der Waals surface area contributed by atoms with Crippen LogP contribution in [0.1, 0.15) is 0 Å². The number of hydrogen-bond acceptors (Lipinski definition) is 4. The highest BCUT2D eigenvalue weighted by Crippen LogP contribution is 1.92. The fourth-order valence-corrected chi connectivity index (χ4v) is 0.597. The molecule has 0 aliphatic carbocycles. The molecule has 0 saturated heterocycles. The number of aromatic nitrogens is 1. The van der Waals surface area contributed by atoms with Gasteiger partial charge in [-0.25, -0.2) is 8.42 Å². The van der Waals surface area contributed by atoms with Crippen LogP contribution in [0, 0.1) is 0 Å². The molecule has 8 heavy (non-hydrogen) atoms. The molecule has 0 spiro atoms. The third-order valence-electron chi connectivity index (χ3n) is 0.611. The second-order valence-corrected chi connectivity index (χ2v) is 2.09. The third-order valence-corrected chi connectivity index (χ3v) is 1.22. The van der Waals surface area contributed by atoms with Crippen molar-refractivity contribution in [1.29, 1.82) is 0 Å². The van der Waals surface area contributed by atoms with Crippen molar-refractivity contribution in [2.45, 2.75) is 5.03 Å². The van der Waals surface area contributed by atoms with Crippen LogP contribution in [0.3, 0.4) is 0 Å². The summed E-state index contributed by atoms with van der Waals surface area (Å²) in [6, 6.07) is 1.28. The van der Waals surface area contributed by atoms with Gasteiger partial charge < -0.3 is 4.52 Å². The van der Waals surface area contributed by atoms with Crippen molar-refractivity contribution in [2.75, 3.05) is 0 Å². The SMILES string of the molecule is O=[SH](=O)c1ccon1. The van der Waals surface area contributed by atoms with Crippen LogP contribution in [0.2, 0.25) is 0 Å². The Hall–Kier alpha value is -0.840. The Morgan fingerprint density at radius 3 is 2.62 bits per heavy atom. The Bertz CT molecular complexity index is 217. The summed E-state index contributed by atoms with van der Waals surface area (Å²) in [6.07, 6.45) is 1.21. The molecule has 0 atom stereocenters. The Kier molecular flexibility index (Phi) is 1.29. The van der Waals surface area contributed by atoms with E-state index in [4.69, 9.17) is 0 Å². The standard InChI is InChI=1S/C3H3NO3S/c5-8(6)3-1-2-7-4-3/h1-2,8H. The molecule has 0 fully saturated rings. The van der Waals surface area contributed by atoms with Crippen molar-refractivity contribution >= 4 is 10.7 Å². The molecular formula is C3H3NO3S. The lowest BCUT2D eigenvalue weighted by Gasteiger charge is -1.67. The third kappa shape index (κ3) is 0.865. The molecule has 4 nitrogen and oxygen atoms in total. The first-order chi connectivity index (χ1) is 3.80. The van der Waals surface area contributed by atoms with Gasteiger partial charge in [0.15, 0.2) is 15.7 Å². The number of rotatable bonds is 1. The lowest BCUT2D eigenvalue weighted by molar-refractivity contribution is 0.401. The van der Waals surface area contributed by atoms with Gasteiger partial charge in [-0.2, -0.15) is 0 Å². The molecule has 0 saturated carbocycles. The van der Waals surface area contributed by atoms with Gasteiger partial charge in [0.1, 0.15) is 6.26 Å². The molecule has 0 amide bonds. The highest BCUT2D eigenvalue weighted by molar-refractivity contribution is 7.72. The summed E-state index contributed by atoms with van der Waals surface area (Å²) in [5, 5.41) is 3.12. The zero-order chi connectivity index (χ0) is 5.98. The summed E-state index contributed by atoms with van der Waals surface area (Å²) in [6.45, 7) is 0. The monoisotopic (exact) mass is 133 g/mol. The van der Waals surface area contributed by atoms with Gasteiger partial charge in [-0.1, -0.05) is 5.16 Å². The zero-order valence-corrected chi connectivity index (χ0v) is 4.67. The Morgan fingerprint density at radius 2 is 2.38 bits per heavy atom. The number of hydrogen-bond donors (Lipinski definition) is 1. The van der Waals surface area contributed by atoms with E-state index in [1.165, 1.54) is 12.3 Å². The smallest absolute Gasteiger partial charge is 0.195 e. The van der Waals surface area contributed by atoms with Gasteiger partial charge in [0, 0.05) is 6.07 Å². The summed E-state index contributed by atoms with van der Waals surface area (Å²) in [4.78, 5) is 0. The molecule has 0 aliphatic heterocycles. The lowest BCUT2D eigenvalue weighted by Crippen LogP contribution is -1.75. The van der Waals surface area contributed by atoms with Crippen LogP contribution in [0.4, 0.5) is 0 Å². The molecule has 0 radical (unpaired) electrons. The molecule has 1 rings (SSSR count). The first kappa shape index (κ1) is 5.30. The average molecular weight is 133 g/mol. The minimum atomic E-state index is -2.56. The average Bonchev–Trinajstić information content (AvgIpc) is 2.12.